The highest BCUT2D eigenvalue weighted by Crippen LogP contribution is 2.32. The summed E-state index contributed by atoms with van der Waals surface area (Å²) in [6.07, 6.45) is 0.373. The molecule has 0 spiro atoms. The number of sulfone groups is 1. The number of carboxylic acids is 1. The number of hydrogen-bond donors (Lipinski definition) is 2. The second kappa shape index (κ2) is 4.12. The van der Waals surface area contributed by atoms with Crippen molar-refractivity contribution in [3.63, 3.8) is 0 Å². The fraction of sp³-hybridized carbons (Fsp3) is 0.364. The topological polar surface area (TPSA) is 97.5 Å². The summed E-state index contributed by atoms with van der Waals surface area (Å²) in [6.45, 7) is -0.0359. The molecule has 1 aliphatic rings. The lowest BCUT2D eigenvalue weighted by Crippen LogP contribution is -2.22. The number of fused-ring (bicyclic) bond motifs is 1. The highest BCUT2D eigenvalue weighted by molar-refractivity contribution is 7.91. The zero-order valence-corrected chi connectivity index (χ0v) is 9.90. The quantitative estimate of drug-likeness (QED) is 0.800. The third kappa shape index (κ3) is 1.94. The van der Waals surface area contributed by atoms with E-state index in [1.54, 1.807) is 12.1 Å². The van der Waals surface area contributed by atoms with Crippen molar-refractivity contribution in [2.45, 2.75) is 17.2 Å². The Morgan fingerprint density at radius 2 is 2.18 bits per heavy atom. The number of aliphatic carboxylic acids is 1. The molecule has 1 heterocycles. The van der Waals surface area contributed by atoms with Crippen LogP contribution in [-0.4, -0.2) is 31.8 Å². The summed E-state index contributed by atoms with van der Waals surface area (Å²) >= 11 is 0. The predicted molar refractivity (Wildman–Crippen MR) is 61.6 cm³/mol. The second-order valence-corrected chi connectivity index (χ2v) is 6.10. The minimum absolute atomic E-state index is 0.0359. The lowest BCUT2D eigenvalue weighted by Gasteiger charge is -2.13. The summed E-state index contributed by atoms with van der Waals surface area (Å²) in [5, 5.41) is 9.06. The number of benzene rings is 1. The van der Waals surface area contributed by atoms with Crippen molar-refractivity contribution in [2.24, 2.45) is 5.73 Å². The average molecular weight is 255 g/mol. The Kier molecular flexibility index (Phi) is 2.92. The van der Waals surface area contributed by atoms with Gasteiger partial charge < -0.3 is 10.8 Å². The van der Waals surface area contributed by atoms with E-state index in [2.05, 4.69) is 0 Å². The summed E-state index contributed by atoms with van der Waals surface area (Å²) in [7, 11) is -3.23. The molecule has 1 aliphatic heterocycles. The Morgan fingerprint density at radius 3 is 2.76 bits per heavy atom. The highest BCUT2D eigenvalue weighted by atomic mass is 32.2. The molecule has 5 nitrogen and oxygen atoms in total. The third-order valence-corrected chi connectivity index (χ3v) is 4.83. The largest absolute Gasteiger partial charge is 0.481 e. The molecular weight excluding hydrogens is 242 g/mol. The minimum Gasteiger partial charge on any atom is -0.481 e. The van der Waals surface area contributed by atoms with E-state index in [1.165, 1.54) is 6.07 Å². The molecule has 1 aromatic rings. The Balaban J connectivity index is 2.59. The van der Waals surface area contributed by atoms with Gasteiger partial charge in [0.15, 0.2) is 9.84 Å². The zero-order valence-electron chi connectivity index (χ0n) is 9.09. The molecule has 3 N–H and O–H groups in total. The van der Waals surface area contributed by atoms with Gasteiger partial charge in [-0.05, 0) is 23.6 Å². The first-order chi connectivity index (χ1) is 7.97. The second-order valence-electron chi connectivity index (χ2n) is 4.02. The molecule has 0 radical (unpaired) electrons. The molecule has 17 heavy (non-hydrogen) atoms. The Bertz CT molecular complexity index is 565. The van der Waals surface area contributed by atoms with E-state index < -0.39 is 21.7 Å². The Labute approximate surface area is 99.2 Å². The van der Waals surface area contributed by atoms with E-state index in [-0.39, 0.29) is 17.2 Å². The molecule has 6 heteroatoms. The maximum absolute atomic E-state index is 11.7. The van der Waals surface area contributed by atoms with Crippen LogP contribution in [0.3, 0.4) is 0 Å². The third-order valence-electron chi connectivity index (χ3n) is 3.03. The Morgan fingerprint density at radius 1 is 1.47 bits per heavy atom. The molecule has 0 aromatic heterocycles. The molecule has 0 amide bonds. The van der Waals surface area contributed by atoms with Gasteiger partial charge in [0.1, 0.15) is 0 Å². The van der Waals surface area contributed by atoms with E-state index in [0.717, 1.165) is 0 Å². The van der Waals surface area contributed by atoms with Gasteiger partial charge in [0.05, 0.1) is 16.6 Å². The molecule has 1 atom stereocenters. The van der Waals surface area contributed by atoms with E-state index in [4.69, 9.17) is 10.8 Å². The first kappa shape index (κ1) is 12.1. The van der Waals surface area contributed by atoms with Gasteiger partial charge in [-0.25, -0.2) is 8.42 Å². The summed E-state index contributed by atoms with van der Waals surface area (Å²) in [4.78, 5) is 11.3. The van der Waals surface area contributed by atoms with Crippen molar-refractivity contribution in [3.8, 4) is 0 Å². The average Bonchev–Trinajstić information content (AvgIpc) is 2.57. The van der Waals surface area contributed by atoms with Crippen LogP contribution in [0.4, 0.5) is 0 Å². The van der Waals surface area contributed by atoms with Gasteiger partial charge in [0.25, 0.3) is 0 Å². The highest BCUT2D eigenvalue weighted by Gasteiger charge is 2.31. The van der Waals surface area contributed by atoms with Crippen molar-refractivity contribution in [1.29, 1.82) is 0 Å². The van der Waals surface area contributed by atoms with Crippen LogP contribution >= 0.6 is 0 Å². The number of hydrogen-bond acceptors (Lipinski definition) is 4. The molecule has 0 bridgehead atoms. The van der Waals surface area contributed by atoms with Crippen LogP contribution in [0, 0.1) is 0 Å². The fourth-order valence-electron chi connectivity index (χ4n) is 2.18. The van der Waals surface area contributed by atoms with Crippen molar-refractivity contribution >= 4 is 15.8 Å². The van der Waals surface area contributed by atoms with Crippen LogP contribution in [0.25, 0.3) is 0 Å². The van der Waals surface area contributed by atoms with Gasteiger partial charge in [-0.3, -0.25) is 4.79 Å². The molecule has 92 valence electrons. The molecule has 1 aromatic carbocycles. The van der Waals surface area contributed by atoms with E-state index >= 15 is 0 Å². The van der Waals surface area contributed by atoms with Gasteiger partial charge in [-0.15, -0.1) is 0 Å². The van der Waals surface area contributed by atoms with Crippen molar-refractivity contribution in [3.05, 3.63) is 29.3 Å². The smallest absolute Gasteiger partial charge is 0.312 e. The lowest BCUT2D eigenvalue weighted by atomic mass is 9.93. The van der Waals surface area contributed by atoms with Crippen molar-refractivity contribution in [2.75, 3.05) is 12.3 Å². The molecular formula is C11H13NO4S. The standard InChI is InChI=1S/C11H13NO4S/c12-6-9(11(13)14)7-2-1-3-10-8(7)4-5-17(10,15)16/h1-3,9H,4-6,12H2,(H,13,14). The van der Waals surface area contributed by atoms with E-state index in [9.17, 15) is 13.2 Å². The molecule has 1 unspecified atom stereocenters. The van der Waals surface area contributed by atoms with Crippen molar-refractivity contribution < 1.29 is 18.3 Å². The minimum atomic E-state index is -3.23. The summed E-state index contributed by atoms with van der Waals surface area (Å²) in [6, 6.07) is 4.74. The van der Waals surface area contributed by atoms with Crippen LogP contribution in [0.5, 0.6) is 0 Å². The number of nitrogens with two attached hydrogens (primary N) is 1. The summed E-state index contributed by atoms with van der Waals surface area (Å²) < 4.78 is 23.4. The summed E-state index contributed by atoms with van der Waals surface area (Å²) in [5.74, 6) is -1.81. The fourth-order valence-corrected chi connectivity index (χ4v) is 3.75. The summed E-state index contributed by atoms with van der Waals surface area (Å²) in [5.41, 5.74) is 6.58. The molecule has 0 saturated heterocycles. The van der Waals surface area contributed by atoms with Gasteiger partial charge in [-0.1, -0.05) is 12.1 Å². The lowest BCUT2D eigenvalue weighted by molar-refractivity contribution is -0.138. The van der Waals surface area contributed by atoms with Crippen LogP contribution in [0.1, 0.15) is 17.0 Å². The normalized spacial score (nSPS) is 18.6. The first-order valence-electron chi connectivity index (χ1n) is 5.25. The number of carboxylic acid groups (broad SMARTS) is 1. The molecule has 0 saturated carbocycles. The van der Waals surface area contributed by atoms with Crippen molar-refractivity contribution in [1.82, 2.24) is 0 Å². The van der Waals surface area contributed by atoms with Crippen LogP contribution in [0.2, 0.25) is 0 Å². The number of carbonyl (C=O) groups is 1. The number of rotatable bonds is 3. The monoisotopic (exact) mass is 255 g/mol. The maximum Gasteiger partial charge on any atom is 0.312 e. The van der Waals surface area contributed by atoms with Crippen LogP contribution in [-0.2, 0) is 21.1 Å². The van der Waals surface area contributed by atoms with E-state index in [0.29, 0.717) is 17.5 Å². The first-order valence-corrected chi connectivity index (χ1v) is 6.90. The molecule has 0 aliphatic carbocycles. The van der Waals surface area contributed by atoms with Crippen LogP contribution in [0.15, 0.2) is 23.1 Å². The van der Waals surface area contributed by atoms with Gasteiger partial charge in [-0.2, -0.15) is 0 Å². The van der Waals surface area contributed by atoms with Gasteiger partial charge in [0, 0.05) is 6.54 Å². The van der Waals surface area contributed by atoms with Crippen LogP contribution < -0.4 is 5.73 Å². The van der Waals surface area contributed by atoms with E-state index in [1.807, 2.05) is 0 Å². The predicted octanol–water partition coefficient (Wildman–Crippen LogP) is 0.143. The molecule has 0 fully saturated rings. The zero-order chi connectivity index (χ0) is 12.6. The Hall–Kier alpha value is -1.40. The SMILES string of the molecule is NCC(C(=O)O)c1cccc2c1CCS2(=O)=O. The molecule has 2 rings (SSSR count). The maximum atomic E-state index is 11.7. The van der Waals surface area contributed by atoms with Gasteiger partial charge >= 0.3 is 5.97 Å². The van der Waals surface area contributed by atoms with Gasteiger partial charge in [0.2, 0.25) is 0 Å².